The van der Waals surface area contributed by atoms with Crippen molar-refractivity contribution in [2.75, 3.05) is 32.8 Å². The van der Waals surface area contributed by atoms with Gasteiger partial charge in [0.1, 0.15) is 6.54 Å². The number of fused-ring (bicyclic) bond motifs is 1. The van der Waals surface area contributed by atoms with Crippen molar-refractivity contribution < 1.29 is 14.3 Å². The molecule has 0 bridgehead atoms. The van der Waals surface area contributed by atoms with Gasteiger partial charge in [-0.25, -0.2) is 4.79 Å². The molecule has 3 amide bonds. The Morgan fingerprint density at radius 3 is 2.65 bits per heavy atom. The Morgan fingerprint density at radius 2 is 2.10 bits per heavy atom. The van der Waals surface area contributed by atoms with Gasteiger partial charge in [-0.2, -0.15) is 0 Å². The van der Waals surface area contributed by atoms with E-state index in [1.54, 1.807) is 4.90 Å². The molecule has 2 saturated heterocycles. The highest BCUT2D eigenvalue weighted by molar-refractivity contribution is 6.02. The standard InChI is InChI=1S/C15H22N2O3/c1-2-14(3-4-14)8-17-12(18)6-16(13(17)19)9-15-5-11(15)7-20-10-15/h11H,2-10H2,1H3/t11-,15-/m0/s1. The van der Waals surface area contributed by atoms with E-state index in [-0.39, 0.29) is 29.3 Å². The van der Waals surface area contributed by atoms with Crippen molar-refractivity contribution in [3.63, 3.8) is 0 Å². The first-order valence-corrected chi connectivity index (χ1v) is 7.75. The zero-order valence-corrected chi connectivity index (χ0v) is 12.1. The normalized spacial score (nSPS) is 37.5. The van der Waals surface area contributed by atoms with Crippen molar-refractivity contribution in [3.05, 3.63) is 0 Å². The number of imide groups is 1. The number of rotatable bonds is 5. The van der Waals surface area contributed by atoms with E-state index in [1.807, 2.05) is 0 Å². The molecule has 4 rings (SSSR count). The van der Waals surface area contributed by atoms with Crippen LogP contribution in [0.3, 0.4) is 0 Å². The van der Waals surface area contributed by atoms with Crippen LogP contribution in [0.5, 0.6) is 0 Å². The van der Waals surface area contributed by atoms with Crippen LogP contribution in [0.25, 0.3) is 0 Å². The SMILES string of the molecule is CCC1(CN2C(=O)CN(C[C@@]34COC[C@@H]3C4)C2=O)CC1. The molecular weight excluding hydrogens is 256 g/mol. The van der Waals surface area contributed by atoms with E-state index in [0.29, 0.717) is 19.0 Å². The lowest BCUT2D eigenvalue weighted by atomic mass is 10.0. The van der Waals surface area contributed by atoms with Crippen molar-refractivity contribution in [1.29, 1.82) is 0 Å². The van der Waals surface area contributed by atoms with Gasteiger partial charge in [-0.15, -0.1) is 0 Å². The first-order valence-electron chi connectivity index (χ1n) is 7.75. The Kier molecular flexibility index (Phi) is 2.50. The third-order valence-electron chi connectivity index (χ3n) is 5.90. The van der Waals surface area contributed by atoms with E-state index in [4.69, 9.17) is 4.74 Å². The molecule has 20 heavy (non-hydrogen) atoms. The molecule has 0 spiro atoms. The molecular formula is C15H22N2O3. The third kappa shape index (κ3) is 1.79. The molecule has 0 N–H and O–H groups in total. The lowest BCUT2D eigenvalue weighted by Gasteiger charge is -2.23. The number of carbonyl (C=O) groups is 2. The fourth-order valence-corrected chi connectivity index (χ4v) is 3.88. The smallest absolute Gasteiger partial charge is 0.327 e. The minimum Gasteiger partial charge on any atom is -0.380 e. The summed E-state index contributed by atoms with van der Waals surface area (Å²) in [6.45, 7) is 5.35. The number of nitrogens with zero attached hydrogens (tertiary/aromatic N) is 2. The number of hydrogen-bond donors (Lipinski definition) is 0. The maximum Gasteiger partial charge on any atom is 0.327 e. The topological polar surface area (TPSA) is 49.9 Å². The van der Waals surface area contributed by atoms with Crippen LogP contribution in [0.15, 0.2) is 0 Å². The maximum absolute atomic E-state index is 12.5. The first-order chi connectivity index (χ1) is 9.57. The van der Waals surface area contributed by atoms with Gasteiger partial charge < -0.3 is 9.64 Å². The minimum atomic E-state index is -0.0679. The molecule has 5 nitrogen and oxygen atoms in total. The van der Waals surface area contributed by atoms with Crippen LogP contribution in [-0.2, 0) is 9.53 Å². The van der Waals surface area contributed by atoms with Crippen molar-refractivity contribution in [2.45, 2.75) is 32.6 Å². The average molecular weight is 278 g/mol. The van der Waals surface area contributed by atoms with Gasteiger partial charge in [0.15, 0.2) is 0 Å². The second-order valence-corrected chi connectivity index (χ2v) is 7.25. The fraction of sp³-hybridized carbons (Fsp3) is 0.867. The van der Waals surface area contributed by atoms with Crippen molar-refractivity contribution in [1.82, 2.24) is 9.80 Å². The van der Waals surface area contributed by atoms with Crippen LogP contribution in [0.1, 0.15) is 32.6 Å². The van der Waals surface area contributed by atoms with E-state index < -0.39 is 0 Å². The van der Waals surface area contributed by atoms with Crippen LogP contribution < -0.4 is 0 Å². The predicted molar refractivity (Wildman–Crippen MR) is 72.0 cm³/mol. The summed E-state index contributed by atoms with van der Waals surface area (Å²) >= 11 is 0. The zero-order valence-electron chi connectivity index (χ0n) is 12.1. The molecule has 4 fully saturated rings. The number of amides is 3. The highest BCUT2D eigenvalue weighted by atomic mass is 16.5. The molecule has 0 aromatic heterocycles. The quantitative estimate of drug-likeness (QED) is 0.716. The van der Waals surface area contributed by atoms with E-state index in [2.05, 4.69) is 6.92 Å². The van der Waals surface area contributed by atoms with E-state index in [1.165, 1.54) is 4.90 Å². The fourth-order valence-electron chi connectivity index (χ4n) is 3.88. The van der Waals surface area contributed by atoms with Gasteiger partial charge >= 0.3 is 6.03 Å². The Balaban J connectivity index is 1.43. The molecule has 110 valence electrons. The van der Waals surface area contributed by atoms with Crippen LogP contribution in [0.2, 0.25) is 0 Å². The number of carbonyl (C=O) groups excluding carboxylic acids is 2. The molecule has 0 aromatic rings. The van der Waals surface area contributed by atoms with E-state index in [0.717, 1.165) is 38.9 Å². The van der Waals surface area contributed by atoms with Crippen molar-refractivity contribution in [3.8, 4) is 0 Å². The van der Waals surface area contributed by atoms with Crippen molar-refractivity contribution in [2.24, 2.45) is 16.7 Å². The molecule has 2 aliphatic carbocycles. The highest BCUT2D eigenvalue weighted by Crippen LogP contribution is 2.57. The highest BCUT2D eigenvalue weighted by Gasteiger charge is 2.60. The van der Waals surface area contributed by atoms with Gasteiger partial charge in [-0.1, -0.05) is 6.92 Å². The molecule has 0 radical (unpaired) electrons. The predicted octanol–water partition coefficient (Wildman–Crippen LogP) is 1.48. The van der Waals surface area contributed by atoms with Crippen LogP contribution in [-0.4, -0.2) is 54.6 Å². The first kappa shape index (κ1) is 12.6. The molecule has 4 aliphatic rings. The van der Waals surface area contributed by atoms with Crippen LogP contribution >= 0.6 is 0 Å². The molecule has 2 aliphatic heterocycles. The maximum atomic E-state index is 12.5. The summed E-state index contributed by atoms with van der Waals surface area (Å²) in [4.78, 5) is 27.9. The van der Waals surface area contributed by atoms with Gasteiger partial charge in [-0.3, -0.25) is 9.69 Å². The zero-order chi connectivity index (χ0) is 14.0. The van der Waals surface area contributed by atoms with Crippen molar-refractivity contribution >= 4 is 11.9 Å². The average Bonchev–Trinajstić information content (AvgIpc) is 3.30. The van der Waals surface area contributed by atoms with Gasteiger partial charge in [0, 0.05) is 18.5 Å². The van der Waals surface area contributed by atoms with E-state index in [9.17, 15) is 9.59 Å². The molecule has 2 saturated carbocycles. The summed E-state index contributed by atoms with van der Waals surface area (Å²) in [7, 11) is 0. The Hall–Kier alpha value is -1.10. The number of ether oxygens (including phenoxy) is 1. The molecule has 0 unspecified atom stereocenters. The second kappa shape index (κ2) is 3.97. The number of hydrogen-bond acceptors (Lipinski definition) is 3. The molecule has 2 atom stereocenters. The lowest BCUT2D eigenvalue weighted by molar-refractivity contribution is -0.126. The molecule has 5 heteroatoms. The minimum absolute atomic E-state index is 0.0118. The van der Waals surface area contributed by atoms with Gasteiger partial charge in [-0.05, 0) is 37.0 Å². The summed E-state index contributed by atoms with van der Waals surface area (Å²) in [6.07, 6.45) is 4.52. The Labute approximate surface area is 119 Å². The van der Waals surface area contributed by atoms with E-state index >= 15 is 0 Å². The third-order valence-corrected chi connectivity index (χ3v) is 5.90. The largest absolute Gasteiger partial charge is 0.380 e. The second-order valence-electron chi connectivity index (χ2n) is 7.25. The lowest BCUT2D eigenvalue weighted by Crippen LogP contribution is -2.39. The number of urea groups is 1. The summed E-state index contributed by atoms with van der Waals surface area (Å²) in [5, 5.41) is 0. The molecule has 2 heterocycles. The van der Waals surface area contributed by atoms with Crippen LogP contribution in [0.4, 0.5) is 4.79 Å². The summed E-state index contributed by atoms with van der Waals surface area (Å²) in [5.41, 5.74) is 0.409. The monoisotopic (exact) mass is 278 g/mol. The molecule has 0 aromatic carbocycles. The van der Waals surface area contributed by atoms with Crippen LogP contribution in [0, 0.1) is 16.7 Å². The Bertz CT molecular complexity index is 474. The summed E-state index contributed by atoms with van der Waals surface area (Å²) < 4.78 is 5.48. The Morgan fingerprint density at radius 1 is 1.30 bits per heavy atom. The summed E-state index contributed by atoms with van der Waals surface area (Å²) in [6, 6.07) is -0.0679. The van der Waals surface area contributed by atoms with Gasteiger partial charge in [0.05, 0.1) is 13.2 Å². The van der Waals surface area contributed by atoms with Gasteiger partial charge in [0.2, 0.25) is 5.91 Å². The summed E-state index contributed by atoms with van der Waals surface area (Å²) in [5.74, 6) is 0.604. The van der Waals surface area contributed by atoms with Gasteiger partial charge in [0.25, 0.3) is 0 Å².